The Kier molecular flexibility index (Phi) is 6.42. The Morgan fingerprint density at radius 3 is 1.72 bits per heavy atom. The molecule has 0 spiro atoms. The van der Waals surface area contributed by atoms with Gasteiger partial charge in [0.15, 0.2) is 0 Å². The summed E-state index contributed by atoms with van der Waals surface area (Å²) in [5, 5.41) is 6.07. The van der Waals surface area contributed by atoms with E-state index >= 15 is 0 Å². The highest BCUT2D eigenvalue weighted by molar-refractivity contribution is 6.05. The third kappa shape index (κ3) is 4.93. The van der Waals surface area contributed by atoms with E-state index in [4.69, 9.17) is 0 Å². The summed E-state index contributed by atoms with van der Waals surface area (Å²) >= 11 is 0. The number of carbonyl (C=O) groups excluding carboxylic acids is 2. The number of aryl methyl sites for hydroxylation is 1. The molecule has 0 saturated heterocycles. The van der Waals surface area contributed by atoms with Crippen LogP contribution in [-0.2, 0) is 0 Å². The zero-order valence-electron chi connectivity index (χ0n) is 17.8. The fraction of sp³-hybridized carbons (Fsp3) is 0.0714. The molecule has 4 nitrogen and oxygen atoms in total. The van der Waals surface area contributed by atoms with Crippen molar-refractivity contribution in [3.05, 3.63) is 137 Å². The number of nitrogens with one attached hydrogen (secondary N) is 2. The first-order valence-electron chi connectivity index (χ1n) is 10.5. The second-order valence-electron chi connectivity index (χ2n) is 7.58. The third-order valence-corrected chi connectivity index (χ3v) is 5.33. The molecule has 0 atom stereocenters. The lowest BCUT2D eigenvalue weighted by Crippen LogP contribution is -2.29. The predicted molar refractivity (Wildman–Crippen MR) is 128 cm³/mol. The Morgan fingerprint density at radius 1 is 0.625 bits per heavy atom. The van der Waals surface area contributed by atoms with E-state index < -0.39 is 0 Å². The molecule has 0 aliphatic heterocycles. The van der Waals surface area contributed by atoms with Crippen molar-refractivity contribution < 1.29 is 9.59 Å². The van der Waals surface area contributed by atoms with Crippen LogP contribution in [0.4, 0.5) is 5.69 Å². The molecule has 2 amide bonds. The number of anilines is 1. The molecule has 4 aromatic rings. The first kappa shape index (κ1) is 21.1. The van der Waals surface area contributed by atoms with Crippen LogP contribution < -0.4 is 10.6 Å². The second-order valence-corrected chi connectivity index (χ2v) is 7.58. The van der Waals surface area contributed by atoms with Gasteiger partial charge in [0.05, 0.1) is 6.04 Å². The largest absolute Gasteiger partial charge is 0.341 e. The van der Waals surface area contributed by atoms with Gasteiger partial charge in [-0.1, -0.05) is 84.9 Å². The van der Waals surface area contributed by atoms with Crippen molar-refractivity contribution in [3.63, 3.8) is 0 Å². The van der Waals surface area contributed by atoms with E-state index in [2.05, 4.69) is 10.6 Å². The quantitative estimate of drug-likeness (QED) is 0.416. The van der Waals surface area contributed by atoms with Crippen LogP contribution in [0.15, 0.2) is 109 Å². The van der Waals surface area contributed by atoms with Crippen molar-refractivity contribution in [3.8, 4) is 0 Å². The molecule has 0 unspecified atom stereocenters. The van der Waals surface area contributed by atoms with Crippen molar-refractivity contribution >= 4 is 17.5 Å². The lowest BCUT2D eigenvalue weighted by Gasteiger charge is -2.20. The molecule has 0 fully saturated rings. The van der Waals surface area contributed by atoms with Gasteiger partial charge in [-0.05, 0) is 47.9 Å². The Bertz CT molecular complexity index is 1170. The van der Waals surface area contributed by atoms with Gasteiger partial charge in [0.2, 0.25) is 0 Å². The van der Waals surface area contributed by atoms with E-state index in [0.29, 0.717) is 16.8 Å². The summed E-state index contributed by atoms with van der Waals surface area (Å²) < 4.78 is 0. The molecule has 0 bridgehead atoms. The van der Waals surface area contributed by atoms with Crippen molar-refractivity contribution in [1.29, 1.82) is 0 Å². The fourth-order valence-corrected chi connectivity index (χ4v) is 3.55. The molecule has 0 aliphatic rings. The zero-order valence-corrected chi connectivity index (χ0v) is 17.8. The van der Waals surface area contributed by atoms with E-state index in [9.17, 15) is 9.59 Å². The fourth-order valence-electron chi connectivity index (χ4n) is 3.55. The Labute approximate surface area is 187 Å². The molecular formula is C28H24N2O2. The minimum absolute atomic E-state index is 0.210. The average Bonchev–Trinajstić information content (AvgIpc) is 2.85. The lowest BCUT2D eigenvalue weighted by atomic mass is 9.98. The Morgan fingerprint density at radius 2 is 1.16 bits per heavy atom. The summed E-state index contributed by atoms with van der Waals surface area (Å²) in [5.41, 5.74) is 4.54. The van der Waals surface area contributed by atoms with Crippen LogP contribution in [0.3, 0.4) is 0 Å². The van der Waals surface area contributed by atoms with E-state index in [1.54, 1.807) is 24.3 Å². The maximum absolute atomic E-state index is 13.2. The normalized spacial score (nSPS) is 10.6. The highest BCUT2D eigenvalue weighted by atomic mass is 16.2. The van der Waals surface area contributed by atoms with E-state index in [-0.39, 0.29) is 17.9 Å². The van der Waals surface area contributed by atoms with Gasteiger partial charge < -0.3 is 10.6 Å². The van der Waals surface area contributed by atoms with E-state index in [1.165, 1.54) is 0 Å². The van der Waals surface area contributed by atoms with E-state index in [0.717, 1.165) is 16.7 Å². The molecule has 4 heteroatoms. The van der Waals surface area contributed by atoms with E-state index in [1.807, 2.05) is 91.9 Å². The highest BCUT2D eigenvalue weighted by Crippen LogP contribution is 2.24. The number of hydrogen-bond donors (Lipinski definition) is 2. The summed E-state index contributed by atoms with van der Waals surface area (Å²) in [6.07, 6.45) is 0. The van der Waals surface area contributed by atoms with Crippen LogP contribution in [0.25, 0.3) is 0 Å². The van der Waals surface area contributed by atoms with Crippen molar-refractivity contribution in [2.24, 2.45) is 0 Å². The van der Waals surface area contributed by atoms with Crippen LogP contribution in [0, 0.1) is 6.92 Å². The summed E-state index contributed by atoms with van der Waals surface area (Å²) in [7, 11) is 0. The van der Waals surface area contributed by atoms with Crippen molar-refractivity contribution in [1.82, 2.24) is 5.32 Å². The maximum Gasteiger partial charge on any atom is 0.255 e. The molecule has 0 radical (unpaired) electrons. The van der Waals surface area contributed by atoms with Gasteiger partial charge in [0, 0.05) is 16.8 Å². The number of amides is 2. The van der Waals surface area contributed by atoms with Gasteiger partial charge in [-0.3, -0.25) is 9.59 Å². The first-order chi connectivity index (χ1) is 15.6. The summed E-state index contributed by atoms with van der Waals surface area (Å²) in [6.45, 7) is 1.90. The summed E-state index contributed by atoms with van der Waals surface area (Å²) in [5.74, 6) is -0.421. The lowest BCUT2D eigenvalue weighted by molar-refractivity contribution is 0.0941. The molecule has 0 aliphatic carbocycles. The molecule has 0 aromatic heterocycles. The molecule has 0 saturated carbocycles. The topological polar surface area (TPSA) is 58.2 Å². The Hall–Kier alpha value is -4.18. The van der Waals surface area contributed by atoms with Crippen molar-refractivity contribution in [2.75, 3.05) is 5.32 Å². The number of carbonyl (C=O) groups is 2. The number of benzene rings is 4. The third-order valence-electron chi connectivity index (χ3n) is 5.33. The molecule has 4 rings (SSSR count). The van der Waals surface area contributed by atoms with Crippen LogP contribution in [-0.4, -0.2) is 11.8 Å². The smallest absolute Gasteiger partial charge is 0.255 e. The van der Waals surface area contributed by atoms with Gasteiger partial charge in [0.1, 0.15) is 0 Å². The minimum Gasteiger partial charge on any atom is -0.341 e. The molecule has 4 aromatic carbocycles. The number of rotatable bonds is 6. The van der Waals surface area contributed by atoms with Gasteiger partial charge in [-0.2, -0.15) is 0 Å². The predicted octanol–water partition coefficient (Wildman–Crippen LogP) is 5.77. The second kappa shape index (κ2) is 9.75. The molecule has 0 heterocycles. The van der Waals surface area contributed by atoms with Crippen LogP contribution in [0.1, 0.15) is 43.4 Å². The maximum atomic E-state index is 13.2. The van der Waals surface area contributed by atoms with Gasteiger partial charge in [0.25, 0.3) is 11.8 Å². The summed E-state index contributed by atoms with van der Waals surface area (Å²) in [4.78, 5) is 25.8. The van der Waals surface area contributed by atoms with Crippen LogP contribution >= 0.6 is 0 Å². The SMILES string of the molecule is Cc1ccc(C(=O)NC(c2ccccc2)c2ccccc2)cc1NC(=O)c1ccccc1. The minimum atomic E-state index is -0.284. The van der Waals surface area contributed by atoms with Crippen molar-refractivity contribution in [2.45, 2.75) is 13.0 Å². The molecular weight excluding hydrogens is 396 g/mol. The molecule has 158 valence electrons. The van der Waals surface area contributed by atoms with Gasteiger partial charge in [-0.25, -0.2) is 0 Å². The zero-order chi connectivity index (χ0) is 22.3. The van der Waals surface area contributed by atoms with Gasteiger partial charge in [-0.15, -0.1) is 0 Å². The molecule has 2 N–H and O–H groups in total. The Balaban J connectivity index is 1.58. The average molecular weight is 421 g/mol. The first-order valence-corrected chi connectivity index (χ1v) is 10.5. The monoisotopic (exact) mass is 420 g/mol. The number of hydrogen-bond acceptors (Lipinski definition) is 2. The van der Waals surface area contributed by atoms with Crippen LogP contribution in [0.5, 0.6) is 0 Å². The summed E-state index contributed by atoms with van der Waals surface area (Å²) in [6, 6.07) is 33.8. The molecule has 32 heavy (non-hydrogen) atoms. The highest BCUT2D eigenvalue weighted by Gasteiger charge is 2.18. The van der Waals surface area contributed by atoms with Gasteiger partial charge >= 0.3 is 0 Å². The standard InChI is InChI=1S/C28H24N2O2/c1-20-17-18-24(19-25(20)29-27(31)23-15-9-4-10-16-23)28(32)30-26(21-11-5-2-6-12-21)22-13-7-3-8-14-22/h2-19,26H,1H3,(H,29,31)(H,30,32). The van der Waals surface area contributed by atoms with Crippen LogP contribution in [0.2, 0.25) is 0 Å².